The number of nitrogens with one attached hydrogen (secondary N) is 1. The van der Waals surface area contributed by atoms with E-state index in [1.54, 1.807) is 31.5 Å². The van der Waals surface area contributed by atoms with Gasteiger partial charge in [0, 0.05) is 12.1 Å². The minimum absolute atomic E-state index is 0.0482. The Kier molecular flexibility index (Phi) is 4.37. The number of ether oxygens (including phenoxy) is 1. The Morgan fingerprint density at radius 3 is 2.68 bits per heavy atom. The van der Waals surface area contributed by atoms with Crippen LogP contribution in [0.25, 0.3) is 0 Å². The van der Waals surface area contributed by atoms with Gasteiger partial charge in [0.25, 0.3) is 0 Å². The van der Waals surface area contributed by atoms with Crippen molar-refractivity contribution < 1.29 is 9.13 Å². The molecule has 2 aromatic rings. The van der Waals surface area contributed by atoms with Gasteiger partial charge >= 0.3 is 0 Å². The van der Waals surface area contributed by atoms with Gasteiger partial charge in [0.1, 0.15) is 5.82 Å². The van der Waals surface area contributed by atoms with Crippen LogP contribution in [-0.4, -0.2) is 12.1 Å². The molecule has 3 nitrogen and oxygen atoms in total. The molecule has 1 unspecified atom stereocenters. The van der Waals surface area contributed by atoms with Crippen LogP contribution in [0.15, 0.2) is 41.0 Å². The molecule has 1 aromatic carbocycles. The zero-order valence-electron chi connectivity index (χ0n) is 10.7. The fourth-order valence-electron chi connectivity index (χ4n) is 1.70. The van der Waals surface area contributed by atoms with Crippen molar-refractivity contribution in [2.45, 2.75) is 13.0 Å². The summed E-state index contributed by atoms with van der Waals surface area (Å²) >= 11 is 3.19. The van der Waals surface area contributed by atoms with Crippen molar-refractivity contribution in [2.24, 2.45) is 0 Å². The van der Waals surface area contributed by atoms with E-state index in [1.807, 2.05) is 13.0 Å². The predicted octanol–water partition coefficient (Wildman–Crippen LogP) is 4.16. The third-order valence-corrected chi connectivity index (χ3v) is 3.38. The van der Waals surface area contributed by atoms with Crippen LogP contribution in [0.4, 0.5) is 10.1 Å². The summed E-state index contributed by atoms with van der Waals surface area (Å²) in [6.07, 6.45) is 1.70. The summed E-state index contributed by atoms with van der Waals surface area (Å²) in [6.45, 7) is 2.00. The number of methoxy groups -OCH3 is 1. The second-order valence-electron chi connectivity index (χ2n) is 4.13. The second kappa shape index (κ2) is 6.02. The van der Waals surface area contributed by atoms with Gasteiger partial charge in [0.05, 0.1) is 23.5 Å². The van der Waals surface area contributed by atoms with Crippen molar-refractivity contribution in [1.29, 1.82) is 0 Å². The van der Waals surface area contributed by atoms with Gasteiger partial charge in [-0.1, -0.05) is 6.07 Å². The van der Waals surface area contributed by atoms with Crippen LogP contribution in [-0.2, 0) is 0 Å². The Hall–Kier alpha value is -1.62. The highest BCUT2D eigenvalue weighted by molar-refractivity contribution is 9.10. The fraction of sp³-hybridized carbons (Fsp3) is 0.214. The van der Waals surface area contributed by atoms with Crippen molar-refractivity contribution >= 4 is 21.6 Å². The molecule has 0 bridgehead atoms. The minimum Gasteiger partial charge on any atom is -0.481 e. The van der Waals surface area contributed by atoms with Crippen LogP contribution >= 0.6 is 15.9 Å². The predicted molar refractivity (Wildman–Crippen MR) is 76.9 cm³/mol. The Morgan fingerprint density at radius 1 is 1.32 bits per heavy atom. The van der Waals surface area contributed by atoms with E-state index >= 15 is 0 Å². The Bertz CT molecular complexity index is 560. The quantitative estimate of drug-likeness (QED) is 0.916. The first-order valence-corrected chi connectivity index (χ1v) is 6.61. The number of rotatable bonds is 4. The number of benzene rings is 1. The Labute approximate surface area is 119 Å². The summed E-state index contributed by atoms with van der Waals surface area (Å²) in [5, 5.41) is 3.29. The van der Waals surface area contributed by atoms with Crippen LogP contribution < -0.4 is 10.1 Å². The molecule has 0 radical (unpaired) electrons. The topological polar surface area (TPSA) is 34.1 Å². The summed E-state index contributed by atoms with van der Waals surface area (Å²) in [5.41, 5.74) is 1.87. The van der Waals surface area contributed by atoms with E-state index in [9.17, 15) is 4.39 Å². The molecule has 2 rings (SSSR count). The largest absolute Gasteiger partial charge is 0.481 e. The molecule has 1 atom stereocenters. The van der Waals surface area contributed by atoms with E-state index in [0.717, 1.165) is 11.3 Å². The highest BCUT2D eigenvalue weighted by Crippen LogP contribution is 2.24. The first kappa shape index (κ1) is 13.8. The zero-order valence-corrected chi connectivity index (χ0v) is 12.2. The average Bonchev–Trinajstić information content (AvgIpc) is 2.42. The smallest absolute Gasteiger partial charge is 0.213 e. The number of nitrogens with zero attached hydrogens (tertiary/aromatic N) is 1. The van der Waals surface area contributed by atoms with Crippen molar-refractivity contribution in [3.63, 3.8) is 0 Å². The normalized spacial score (nSPS) is 12.0. The van der Waals surface area contributed by atoms with E-state index < -0.39 is 0 Å². The number of anilines is 1. The van der Waals surface area contributed by atoms with Crippen LogP contribution in [0.1, 0.15) is 18.5 Å². The summed E-state index contributed by atoms with van der Waals surface area (Å²) in [7, 11) is 1.58. The second-order valence-corrected chi connectivity index (χ2v) is 4.98. The highest BCUT2D eigenvalue weighted by Gasteiger charge is 2.08. The standard InChI is InChI=1S/C14H14BrFN2O/c1-9(10-3-5-13(16)12(15)7-10)18-11-4-6-14(19-2)17-8-11/h3-9,18H,1-2H3. The molecular formula is C14H14BrFN2O. The average molecular weight is 325 g/mol. The Morgan fingerprint density at radius 2 is 2.11 bits per heavy atom. The number of halogens is 2. The van der Waals surface area contributed by atoms with Gasteiger partial charge in [0.15, 0.2) is 0 Å². The molecule has 0 saturated carbocycles. The zero-order chi connectivity index (χ0) is 13.8. The molecule has 0 aliphatic rings. The van der Waals surface area contributed by atoms with E-state index in [2.05, 4.69) is 26.2 Å². The van der Waals surface area contributed by atoms with Crippen molar-refractivity contribution in [3.8, 4) is 5.88 Å². The Balaban J connectivity index is 2.10. The molecule has 0 spiro atoms. The van der Waals surface area contributed by atoms with Crippen molar-refractivity contribution in [3.05, 3.63) is 52.4 Å². The lowest BCUT2D eigenvalue weighted by molar-refractivity contribution is 0.398. The molecule has 0 fully saturated rings. The third-order valence-electron chi connectivity index (χ3n) is 2.77. The summed E-state index contributed by atoms with van der Waals surface area (Å²) in [5.74, 6) is 0.310. The van der Waals surface area contributed by atoms with E-state index in [1.165, 1.54) is 6.07 Å². The number of hydrogen-bond acceptors (Lipinski definition) is 3. The maximum atomic E-state index is 13.2. The van der Waals surface area contributed by atoms with Gasteiger partial charge in [-0.2, -0.15) is 0 Å². The van der Waals surface area contributed by atoms with Gasteiger partial charge in [-0.15, -0.1) is 0 Å². The molecule has 0 aliphatic carbocycles. The molecule has 0 saturated heterocycles. The maximum Gasteiger partial charge on any atom is 0.213 e. The fourth-order valence-corrected chi connectivity index (χ4v) is 2.10. The number of aromatic nitrogens is 1. The third kappa shape index (κ3) is 3.44. The van der Waals surface area contributed by atoms with Gasteiger partial charge in [-0.25, -0.2) is 9.37 Å². The lowest BCUT2D eigenvalue weighted by Crippen LogP contribution is -2.07. The number of hydrogen-bond donors (Lipinski definition) is 1. The van der Waals surface area contributed by atoms with Crippen molar-refractivity contribution in [1.82, 2.24) is 4.98 Å². The van der Waals surface area contributed by atoms with Crippen molar-refractivity contribution in [2.75, 3.05) is 12.4 Å². The highest BCUT2D eigenvalue weighted by atomic mass is 79.9. The SMILES string of the molecule is COc1ccc(NC(C)c2ccc(F)c(Br)c2)cn1. The molecule has 5 heteroatoms. The van der Waals surface area contributed by atoms with Gasteiger partial charge in [-0.3, -0.25) is 0 Å². The van der Waals surface area contributed by atoms with E-state index in [4.69, 9.17) is 4.74 Å². The van der Waals surface area contributed by atoms with Crippen LogP contribution in [0.2, 0.25) is 0 Å². The lowest BCUT2D eigenvalue weighted by Gasteiger charge is -2.16. The van der Waals surface area contributed by atoms with E-state index in [-0.39, 0.29) is 11.9 Å². The van der Waals surface area contributed by atoms with Gasteiger partial charge < -0.3 is 10.1 Å². The van der Waals surface area contributed by atoms with Crippen LogP contribution in [0.3, 0.4) is 0 Å². The molecule has 1 aromatic heterocycles. The summed E-state index contributed by atoms with van der Waals surface area (Å²) in [4.78, 5) is 4.12. The molecule has 19 heavy (non-hydrogen) atoms. The summed E-state index contributed by atoms with van der Waals surface area (Å²) < 4.78 is 18.6. The monoisotopic (exact) mass is 324 g/mol. The molecule has 1 heterocycles. The lowest BCUT2D eigenvalue weighted by atomic mass is 10.1. The first-order valence-electron chi connectivity index (χ1n) is 5.81. The summed E-state index contributed by atoms with van der Waals surface area (Å²) in [6, 6.07) is 8.70. The first-order chi connectivity index (χ1) is 9.10. The molecule has 0 aliphatic heterocycles. The maximum absolute atomic E-state index is 13.2. The van der Waals surface area contributed by atoms with E-state index in [0.29, 0.717) is 10.4 Å². The number of pyridine rings is 1. The van der Waals surface area contributed by atoms with Crippen LogP contribution in [0, 0.1) is 5.82 Å². The molecule has 0 amide bonds. The molecular weight excluding hydrogens is 311 g/mol. The van der Waals surface area contributed by atoms with Gasteiger partial charge in [-0.05, 0) is 46.6 Å². The minimum atomic E-state index is -0.262. The van der Waals surface area contributed by atoms with Gasteiger partial charge in [0.2, 0.25) is 5.88 Å². The van der Waals surface area contributed by atoms with Crippen LogP contribution in [0.5, 0.6) is 5.88 Å². The molecule has 100 valence electrons. The molecule has 1 N–H and O–H groups in total.